The van der Waals surface area contributed by atoms with Crippen molar-refractivity contribution in [3.63, 3.8) is 0 Å². The Bertz CT molecular complexity index is 1290. The first-order valence-electron chi connectivity index (χ1n) is 9.79. The van der Waals surface area contributed by atoms with E-state index in [2.05, 4.69) is 9.97 Å². The van der Waals surface area contributed by atoms with E-state index in [-0.39, 0.29) is 18.5 Å². The summed E-state index contributed by atoms with van der Waals surface area (Å²) in [5.41, 5.74) is 4.45. The summed E-state index contributed by atoms with van der Waals surface area (Å²) in [6.07, 6.45) is 5.80. The van der Waals surface area contributed by atoms with E-state index in [1.165, 1.54) is 23.0 Å². The van der Waals surface area contributed by atoms with Crippen LogP contribution in [0.3, 0.4) is 0 Å². The van der Waals surface area contributed by atoms with Crippen molar-refractivity contribution in [1.29, 1.82) is 0 Å². The van der Waals surface area contributed by atoms with Crippen molar-refractivity contribution >= 4 is 15.7 Å². The maximum atomic E-state index is 12.6. The van der Waals surface area contributed by atoms with Gasteiger partial charge < -0.3 is 4.57 Å². The standard InChI is InChI=1S/C22H24N4O5S/c1-15-23-13-19(14-24-15)17-6-4-16(5-7-17)18-8-10-26(20(27)12-18)11-9-22(2,21(28)25-29)32(3,30)31/h4-8,10,12-14,29H,9,11H2,1-3H3,(H,25,28)/t22-/m1/s1. The Morgan fingerprint density at radius 3 is 2.12 bits per heavy atom. The van der Waals surface area contributed by atoms with Crippen LogP contribution in [0.2, 0.25) is 0 Å². The van der Waals surface area contributed by atoms with Crippen molar-refractivity contribution in [2.24, 2.45) is 0 Å². The minimum atomic E-state index is -3.84. The Labute approximate surface area is 185 Å². The van der Waals surface area contributed by atoms with Crippen LogP contribution in [0.4, 0.5) is 0 Å². The minimum absolute atomic E-state index is 0.0114. The average Bonchev–Trinajstić information content (AvgIpc) is 2.77. The van der Waals surface area contributed by atoms with Gasteiger partial charge in [0, 0.05) is 43.0 Å². The van der Waals surface area contributed by atoms with Crippen LogP contribution in [0.1, 0.15) is 19.2 Å². The van der Waals surface area contributed by atoms with Crippen molar-refractivity contribution < 1.29 is 18.4 Å². The Hall–Kier alpha value is -3.37. The lowest BCUT2D eigenvalue weighted by Crippen LogP contribution is -2.49. The van der Waals surface area contributed by atoms with Crippen LogP contribution < -0.4 is 11.0 Å². The number of amides is 1. The zero-order valence-electron chi connectivity index (χ0n) is 17.9. The third-order valence-electron chi connectivity index (χ3n) is 5.56. The maximum Gasteiger partial charge on any atom is 0.264 e. The van der Waals surface area contributed by atoms with E-state index in [9.17, 15) is 18.0 Å². The molecule has 0 spiro atoms. The number of nitrogens with zero attached hydrogens (tertiary/aromatic N) is 3. The van der Waals surface area contributed by atoms with E-state index in [1.54, 1.807) is 24.7 Å². The fourth-order valence-electron chi connectivity index (χ4n) is 3.19. The van der Waals surface area contributed by atoms with E-state index in [0.29, 0.717) is 11.4 Å². The number of hydroxylamine groups is 1. The highest BCUT2D eigenvalue weighted by Gasteiger charge is 2.43. The summed E-state index contributed by atoms with van der Waals surface area (Å²) in [5.74, 6) is -0.344. The van der Waals surface area contributed by atoms with Gasteiger partial charge in [-0.3, -0.25) is 14.8 Å². The van der Waals surface area contributed by atoms with Gasteiger partial charge in [0.1, 0.15) is 5.82 Å². The van der Waals surface area contributed by atoms with Gasteiger partial charge in [0.15, 0.2) is 14.6 Å². The van der Waals surface area contributed by atoms with Gasteiger partial charge in [-0.25, -0.2) is 23.9 Å². The first-order chi connectivity index (χ1) is 15.0. The molecule has 1 amide bonds. The van der Waals surface area contributed by atoms with Gasteiger partial charge in [0.05, 0.1) is 0 Å². The Kier molecular flexibility index (Phi) is 6.56. The van der Waals surface area contributed by atoms with Crippen molar-refractivity contribution in [1.82, 2.24) is 20.0 Å². The lowest BCUT2D eigenvalue weighted by molar-refractivity contribution is -0.131. The molecule has 10 heteroatoms. The summed E-state index contributed by atoms with van der Waals surface area (Å²) >= 11 is 0. The topological polar surface area (TPSA) is 131 Å². The molecule has 0 aliphatic carbocycles. The molecule has 0 fully saturated rings. The molecule has 0 saturated heterocycles. The second-order valence-electron chi connectivity index (χ2n) is 7.74. The smallest absolute Gasteiger partial charge is 0.264 e. The zero-order chi connectivity index (χ0) is 23.5. The highest BCUT2D eigenvalue weighted by atomic mass is 32.2. The molecule has 0 unspecified atom stereocenters. The van der Waals surface area contributed by atoms with E-state index in [0.717, 1.165) is 22.9 Å². The molecule has 1 atom stereocenters. The molecule has 0 radical (unpaired) electrons. The molecule has 0 aliphatic heterocycles. The molecule has 2 heterocycles. The lowest BCUT2D eigenvalue weighted by Gasteiger charge is -2.25. The molecular weight excluding hydrogens is 432 g/mol. The highest BCUT2D eigenvalue weighted by molar-refractivity contribution is 7.92. The average molecular weight is 457 g/mol. The molecule has 0 aliphatic rings. The Balaban J connectivity index is 1.80. The fourth-order valence-corrected chi connectivity index (χ4v) is 4.03. The van der Waals surface area contributed by atoms with Gasteiger partial charge >= 0.3 is 0 Å². The molecule has 3 rings (SSSR count). The molecule has 1 aromatic carbocycles. The number of benzene rings is 1. The fraction of sp³-hybridized carbons (Fsp3) is 0.273. The van der Waals surface area contributed by atoms with Crippen LogP contribution in [0, 0.1) is 6.92 Å². The van der Waals surface area contributed by atoms with Gasteiger partial charge in [-0.15, -0.1) is 0 Å². The van der Waals surface area contributed by atoms with Crippen LogP contribution in [0.25, 0.3) is 22.3 Å². The normalized spacial score (nSPS) is 13.4. The van der Waals surface area contributed by atoms with E-state index >= 15 is 0 Å². The second kappa shape index (κ2) is 9.01. The summed E-state index contributed by atoms with van der Waals surface area (Å²) < 4.78 is 23.6. The number of aromatic nitrogens is 3. The molecule has 0 bridgehead atoms. The molecule has 32 heavy (non-hydrogen) atoms. The zero-order valence-corrected chi connectivity index (χ0v) is 18.8. The van der Waals surface area contributed by atoms with Crippen LogP contribution in [-0.2, 0) is 21.2 Å². The molecule has 2 aromatic heterocycles. The minimum Gasteiger partial charge on any atom is -0.315 e. The summed E-state index contributed by atoms with van der Waals surface area (Å²) in [6, 6.07) is 10.8. The molecule has 2 N–H and O–H groups in total. The van der Waals surface area contributed by atoms with Crippen molar-refractivity contribution in [2.75, 3.05) is 6.26 Å². The molecule has 3 aromatic rings. The first-order valence-corrected chi connectivity index (χ1v) is 11.7. The molecule has 168 valence electrons. The lowest BCUT2D eigenvalue weighted by atomic mass is 10.0. The van der Waals surface area contributed by atoms with Gasteiger partial charge in [-0.2, -0.15) is 0 Å². The van der Waals surface area contributed by atoms with Gasteiger partial charge in [0.25, 0.3) is 11.5 Å². The van der Waals surface area contributed by atoms with E-state index < -0.39 is 20.5 Å². The molecule has 9 nitrogen and oxygen atoms in total. The van der Waals surface area contributed by atoms with Crippen molar-refractivity contribution in [3.05, 3.63) is 71.2 Å². The van der Waals surface area contributed by atoms with Gasteiger partial charge in [-0.05, 0) is 43.0 Å². The maximum absolute atomic E-state index is 12.6. The number of carbonyl (C=O) groups excluding carboxylic acids is 1. The number of aryl methyl sites for hydroxylation is 2. The van der Waals surface area contributed by atoms with Crippen LogP contribution in [0.15, 0.2) is 59.8 Å². The van der Waals surface area contributed by atoms with E-state index in [1.807, 2.05) is 31.2 Å². The van der Waals surface area contributed by atoms with Crippen molar-refractivity contribution in [3.8, 4) is 22.3 Å². The third kappa shape index (κ3) is 4.76. The Morgan fingerprint density at radius 1 is 1.06 bits per heavy atom. The SMILES string of the molecule is Cc1ncc(-c2ccc(-c3ccn(CC[C@](C)(C(=O)NO)S(C)(=O)=O)c(=O)c3)cc2)cn1. The van der Waals surface area contributed by atoms with Crippen LogP contribution in [-0.4, -0.2) is 45.1 Å². The van der Waals surface area contributed by atoms with Gasteiger partial charge in [-0.1, -0.05) is 24.3 Å². The van der Waals surface area contributed by atoms with Crippen LogP contribution in [0.5, 0.6) is 0 Å². The monoisotopic (exact) mass is 456 g/mol. The summed E-state index contributed by atoms with van der Waals surface area (Å²) in [4.78, 5) is 32.9. The summed E-state index contributed by atoms with van der Waals surface area (Å²) in [7, 11) is -3.84. The molecule has 0 saturated carbocycles. The highest BCUT2D eigenvalue weighted by Crippen LogP contribution is 2.24. The van der Waals surface area contributed by atoms with Gasteiger partial charge in [0.2, 0.25) is 0 Å². The number of rotatable bonds is 7. The predicted molar refractivity (Wildman–Crippen MR) is 120 cm³/mol. The third-order valence-corrected chi connectivity index (χ3v) is 7.58. The number of sulfone groups is 1. The first kappa shape index (κ1) is 23.3. The largest absolute Gasteiger partial charge is 0.315 e. The predicted octanol–water partition coefficient (Wildman–Crippen LogP) is 1.98. The molecular formula is C22H24N4O5S. The number of hydrogen-bond donors (Lipinski definition) is 2. The summed E-state index contributed by atoms with van der Waals surface area (Å²) in [6.45, 7) is 3.02. The number of hydrogen-bond acceptors (Lipinski definition) is 7. The Morgan fingerprint density at radius 2 is 1.62 bits per heavy atom. The second-order valence-corrected chi connectivity index (χ2v) is 10.2. The number of nitrogens with one attached hydrogen (secondary N) is 1. The number of carbonyl (C=O) groups is 1. The number of pyridine rings is 1. The summed E-state index contributed by atoms with van der Waals surface area (Å²) in [5, 5.41) is 8.91. The van der Waals surface area contributed by atoms with E-state index in [4.69, 9.17) is 5.21 Å². The van der Waals surface area contributed by atoms with Crippen molar-refractivity contribution in [2.45, 2.75) is 31.6 Å². The van der Waals surface area contributed by atoms with Crippen LogP contribution >= 0.6 is 0 Å². The quantitative estimate of drug-likeness (QED) is 0.410.